The van der Waals surface area contributed by atoms with Crippen molar-refractivity contribution in [3.8, 4) is 0 Å². The number of hydrogen-bond donors (Lipinski definition) is 1. The number of carboxylic acid groups (broad SMARTS) is 1. The summed E-state index contributed by atoms with van der Waals surface area (Å²) >= 11 is 18.9. The molecule has 3 aromatic rings. The smallest absolute Gasteiger partial charge is 0.304 e. The summed E-state index contributed by atoms with van der Waals surface area (Å²) in [5.41, 5.74) is 4.28. The Kier molecular flexibility index (Phi) is 5.11. The van der Waals surface area contributed by atoms with Gasteiger partial charge in [0.15, 0.2) is 0 Å². The lowest BCUT2D eigenvalue weighted by Crippen LogP contribution is -2.17. The molecule has 0 fully saturated rings. The molecule has 1 aliphatic rings. The van der Waals surface area contributed by atoms with Crippen LogP contribution in [0.1, 0.15) is 42.0 Å². The van der Waals surface area contributed by atoms with Crippen LogP contribution in [0.3, 0.4) is 0 Å². The molecule has 0 aliphatic heterocycles. The van der Waals surface area contributed by atoms with E-state index in [2.05, 4.69) is 4.57 Å². The standard InChI is InChI=1S/C21H18Cl3NO2/c22-14-6-4-12(5-7-14)11-25-20-13(8-19(26)27)2-1-3-16(20)17-9-15(23)10-18(24)21(17)25/h4-7,9-10,13H,1-3,8,11H2,(H,26,27). The van der Waals surface area contributed by atoms with E-state index in [9.17, 15) is 9.90 Å². The first-order chi connectivity index (χ1) is 12.9. The van der Waals surface area contributed by atoms with Gasteiger partial charge in [0, 0.05) is 33.6 Å². The van der Waals surface area contributed by atoms with Gasteiger partial charge in [0.25, 0.3) is 0 Å². The van der Waals surface area contributed by atoms with Gasteiger partial charge < -0.3 is 9.67 Å². The first-order valence-corrected chi connectivity index (χ1v) is 10.0. The van der Waals surface area contributed by atoms with Crippen molar-refractivity contribution < 1.29 is 9.90 Å². The molecule has 1 heterocycles. The number of nitrogens with zero attached hydrogens (tertiary/aromatic N) is 1. The van der Waals surface area contributed by atoms with E-state index in [1.807, 2.05) is 30.3 Å². The SMILES string of the molecule is O=C(O)CC1CCCc2c1n(Cc1ccc(Cl)cc1)c1c(Cl)cc(Cl)cc21. The van der Waals surface area contributed by atoms with Crippen molar-refractivity contribution in [3.63, 3.8) is 0 Å². The molecule has 1 atom stereocenters. The molecule has 1 N–H and O–H groups in total. The molecule has 0 spiro atoms. The van der Waals surface area contributed by atoms with E-state index in [1.165, 1.54) is 5.56 Å². The number of benzene rings is 2. The number of aryl methyl sites for hydroxylation is 1. The van der Waals surface area contributed by atoms with Gasteiger partial charge in [-0.05, 0) is 54.7 Å². The number of fused-ring (bicyclic) bond motifs is 3. The molecule has 140 valence electrons. The number of carboxylic acids is 1. The van der Waals surface area contributed by atoms with Crippen molar-refractivity contribution in [1.82, 2.24) is 4.57 Å². The van der Waals surface area contributed by atoms with E-state index in [4.69, 9.17) is 34.8 Å². The van der Waals surface area contributed by atoms with Crippen LogP contribution in [0.4, 0.5) is 0 Å². The molecule has 0 saturated carbocycles. The highest BCUT2D eigenvalue weighted by Gasteiger charge is 2.30. The number of aliphatic carboxylic acids is 1. The lowest BCUT2D eigenvalue weighted by Gasteiger charge is -2.25. The zero-order chi connectivity index (χ0) is 19.1. The lowest BCUT2D eigenvalue weighted by molar-refractivity contribution is -0.137. The molecule has 1 unspecified atom stereocenters. The van der Waals surface area contributed by atoms with E-state index in [0.29, 0.717) is 21.6 Å². The van der Waals surface area contributed by atoms with Crippen molar-refractivity contribution in [2.45, 2.75) is 38.1 Å². The molecule has 3 nitrogen and oxygen atoms in total. The van der Waals surface area contributed by atoms with Crippen LogP contribution in [0, 0.1) is 0 Å². The minimum absolute atomic E-state index is 0.0270. The normalized spacial score (nSPS) is 16.5. The van der Waals surface area contributed by atoms with Crippen LogP contribution in [0.5, 0.6) is 0 Å². The number of halogens is 3. The molecule has 1 aliphatic carbocycles. The molecular weight excluding hydrogens is 405 g/mol. The molecule has 2 aromatic carbocycles. The second kappa shape index (κ2) is 7.38. The van der Waals surface area contributed by atoms with Gasteiger partial charge in [0.2, 0.25) is 0 Å². The van der Waals surface area contributed by atoms with Gasteiger partial charge in [0.05, 0.1) is 17.0 Å². The lowest BCUT2D eigenvalue weighted by atomic mass is 9.84. The molecule has 1 aromatic heterocycles. The predicted octanol–water partition coefficient (Wildman–Crippen LogP) is 6.54. The highest BCUT2D eigenvalue weighted by Crippen LogP contribution is 2.43. The summed E-state index contributed by atoms with van der Waals surface area (Å²) in [5, 5.41) is 12.3. The summed E-state index contributed by atoms with van der Waals surface area (Å²) in [4.78, 5) is 11.4. The van der Waals surface area contributed by atoms with Crippen molar-refractivity contribution in [1.29, 1.82) is 0 Å². The predicted molar refractivity (Wildman–Crippen MR) is 110 cm³/mol. The minimum Gasteiger partial charge on any atom is -0.481 e. The maximum Gasteiger partial charge on any atom is 0.304 e. The second-order valence-electron chi connectivity index (χ2n) is 7.05. The quantitative estimate of drug-likeness (QED) is 0.518. The van der Waals surface area contributed by atoms with Gasteiger partial charge in [0.1, 0.15) is 0 Å². The monoisotopic (exact) mass is 421 g/mol. The fourth-order valence-corrected chi connectivity index (χ4v) is 4.95. The number of rotatable bonds is 4. The van der Waals surface area contributed by atoms with Crippen LogP contribution >= 0.6 is 34.8 Å². The molecule has 4 rings (SSSR count). The highest BCUT2D eigenvalue weighted by atomic mass is 35.5. The van der Waals surface area contributed by atoms with Gasteiger partial charge in [-0.1, -0.05) is 46.9 Å². The molecule has 0 amide bonds. The number of aromatic nitrogens is 1. The Hall–Kier alpha value is -1.68. The molecule has 0 radical (unpaired) electrons. The summed E-state index contributed by atoms with van der Waals surface area (Å²) in [5.74, 6) is -0.805. The van der Waals surface area contributed by atoms with E-state index < -0.39 is 5.97 Å². The highest BCUT2D eigenvalue weighted by molar-refractivity contribution is 6.38. The van der Waals surface area contributed by atoms with Crippen molar-refractivity contribution in [3.05, 3.63) is 68.3 Å². The maximum atomic E-state index is 11.4. The zero-order valence-electron chi connectivity index (χ0n) is 14.5. The van der Waals surface area contributed by atoms with E-state index >= 15 is 0 Å². The first kappa shape index (κ1) is 18.7. The largest absolute Gasteiger partial charge is 0.481 e. The van der Waals surface area contributed by atoms with Gasteiger partial charge in [-0.25, -0.2) is 0 Å². The fraction of sp³-hybridized carbons (Fsp3) is 0.286. The topological polar surface area (TPSA) is 42.2 Å². The van der Waals surface area contributed by atoms with E-state index in [-0.39, 0.29) is 12.3 Å². The Balaban J connectivity index is 1.94. The average Bonchev–Trinajstić information content (AvgIpc) is 2.91. The molecule has 0 bridgehead atoms. The summed E-state index contributed by atoms with van der Waals surface area (Å²) in [6.07, 6.45) is 2.86. The Morgan fingerprint density at radius 3 is 2.56 bits per heavy atom. The minimum atomic E-state index is -0.778. The number of hydrogen-bond acceptors (Lipinski definition) is 1. The molecule has 0 saturated heterocycles. The van der Waals surface area contributed by atoms with E-state index in [0.717, 1.165) is 41.4 Å². The third kappa shape index (κ3) is 3.56. The van der Waals surface area contributed by atoms with Crippen LogP contribution in [-0.4, -0.2) is 15.6 Å². The summed E-state index contributed by atoms with van der Waals surface area (Å²) in [7, 11) is 0. The van der Waals surface area contributed by atoms with Crippen LogP contribution < -0.4 is 0 Å². The first-order valence-electron chi connectivity index (χ1n) is 8.90. The second-order valence-corrected chi connectivity index (χ2v) is 8.33. The fourth-order valence-electron chi connectivity index (χ4n) is 4.23. The third-order valence-corrected chi connectivity index (χ3v) is 6.02. The molecule has 6 heteroatoms. The Labute approximate surface area is 172 Å². The van der Waals surface area contributed by atoms with Crippen LogP contribution in [0.25, 0.3) is 10.9 Å². The van der Waals surface area contributed by atoms with Crippen LogP contribution in [0.15, 0.2) is 36.4 Å². The molecular formula is C21H18Cl3NO2. The van der Waals surface area contributed by atoms with Gasteiger partial charge >= 0.3 is 5.97 Å². The van der Waals surface area contributed by atoms with Gasteiger partial charge in [-0.15, -0.1) is 0 Å². The third-order valence-electron chi connectivity index (χ3n) is 5.26. The van der Waals surface area contributed by atoms with Crippen LogP contribution in [0.2, 0.25) is 15.1 Å². The summed E-state index contributed by atoms with van der Waals surface area (Å²) in [6, 6.07) is 11.4. The van der Waals surface area contributed by atoms with Crippen LogP contribution in [-0.2, 0) is 17.8 Å². The average molecular weight is 423 g/mol. The van der Waals surface area contributed by atoms with Crippen molar-refractivity contribution in [2.75, 3.05) is 0 Å². The Bertz CT molecular complexity index is 1020. The zero-order valence-corrected chi connectivity index (χ0v) is 16.8. The summed E-state index contributed by atoms with van der Waals surface area (Å²) in [6.45, 7) is 0.612. The van der Waals surface area contributed by atoms with Gasteiger partial charge in [-0.3, -0.25) is 4.79 Å². The van der Waals surface area contributed by atoms with E-state index in [1.54, 1.807) is 6.07 Å². The molecule has 27 heavy (non-hydrogen) atoms. The Morgan fingerprint density at radius 2 is 1.85 bits per heavy atom. The maximum absolute atomic E-state index is 11.4. The van der Waals surface area contributed by atoms with Gasteiger partial charge in [-0.2, -0.15) is 0 Å². The Morgan fingerprint density at radius 1 is 1.11 bits per heavy atom. The number of carbonyl (C=O) groups is 1. The van der Waals surface area contributed by atoms with Crippen molar-refractivity contribution in [2.24, 2.45) is 0 Å². The summed E-state index contributed by atoms with van der Waals surface area (Å²) < 4.78 is 2.18. The van der Waals surface area contributed by atoms with Crippen molar-refractivity contribution >= 4 is 51.7 Å².